The highest BCUT2D eigenvalue weighted by Crippen LogP contribution is 2.40. The van der Waals surface area contributed by atoms with Crippen molar-refractivity contribution in [2.45, 2.75) is 71.5 Å². The molecule has 210 valence electrons. The molecule has 1 aromatic heterocycles. The van der Waals surface area contributed by atoms with Crippen molar-refractivity contribution in [3.05, 3.63) is 22.7 Å². The zero-order valence-corrected chi connectivity index (χ0v) is 23.0. The van der Waals surface area contributed by atoms with E-state index in [-0.39, 0.29) is 34.2 Å². The number of hydrogen-bond acceptors (Lipinski definition) is 10. The number of benzene rings is 1. The Bertz CT molecular complexity index is 1250. The highest BCUT2D eigenvalue weighted by molar-refractivity contribution is 7.92. The molecule has 0 amide bonds. The number of fused-ring (bicyclic) bond motifs is 1. The van der Waals surface area contributed by atoms with Crippen LogP contribution in [-0.2, 0) is 21.2 Å². The Morgan fingerprint density at radius 1 is 1.21 bits per heavy atom. The monoisotopic (exact) mass is 576 g/mol. The Balaban J connectivity index is 1.95. The highest BCUT2D eigenvalue weighted by Gasteiger charge is 2.36. The van der Waals surface area contributed by atoms with Crippen molar-refractivity contribution in [3.8, 4) is 0 Å². The number of aryl methyl sites for hydroxylation is 1. The summed E-state index contributed by atoms with van der Waals surface area (Å²) in [6.07, 6.45) is 0.0336. The number of nitrogens with zero attached hydrogens (tertiary/aromatic N) is 5. The zero-order valence-electron chi connectivity index (χ0n) is 21.4. The summed E-state index contributed by atoms with van der Waals surface area (Å²) in [4.78, 5) is 14.2. The number of halogens is 3. The summed E-state index contributed by atoms with van der Waals surface area (Å²) in [7, 11) is -4.77. The number of carbonyl (C=O) groups excluding carboxylic acids is 1. The molecule has 0 radical (unpaired) electrons. The van der Waals surface area contributed by atoms with Gasteiger partial charge in [0.1, 0.15) is 5.69 Å². The predicted molar refractivity (Wildman–Crippen MR) is 139 cm³/mol. The lowest BCUT2D eigenvalue weighted by molar-refractivity contribution is -0.106. The zero-order chi connectivity index (χ0) is 27.9. The first-order chi connectivity index (χ1) is 17.9. The maximum atomic E-state index is 12.9. The second kappa shape index (κ2) is 12.8. The van der Waals surface area contributed by atoms with Gasteiger partial charge in [-0.05, 0) is 50.3 Å². The van der Waals surface area contributed by atoms with Crippen molar-refractivity contribution >= 4 is 49.5 Å². The van der Waals surface area contributed by atoms with Gasteiger partial charge in [0.25, 0.3) is 5.13 Å². The summed E-state index contributed by atoms with van der Waals surface area (Å²) in [6, 6.07) is 3.31. The number of unbranched alkanes of at least 4 members (excludes halogenated alkanes) is 2. The lowest BCUT2D eigenvalue weighted by atomic mass is 9.95. The van der Waals surface area contributed by atoms with E-state index in [1.54, 1.807) is 6.07 Å². The van der Waals surface area contributed by atoms with Gasteiger partial charge < -0.3 is 9.64 Å². The number of rotatable bonds is 12. The van der Waals surface area contributed by atoms with E-state index in [2.05, 4.69) is 39.2 Å². The molecular weight excluding hydrogens is 545 g/mol. The molecule has 0 aliphatic carbocycles. The quantitative estimate of drug-likeness (QED) is 0.182. The lowest BCUT2D eigenvalue weighted by Gasteiger charge is -2.37. The van der Waals surface area contributed by atoms with Gasteiger partial charge in [-0.15, -0.1) is 20.4 Å². The Labute approximate surface area is 223 Å². The van der Waals surface area contributed by atoms with Crippen molar-refractivity contribution in [3.63, 3.8) is 0 Å². The largest absolute Gasteiger partial charge is 0.460 e. The van der Waals surface area contributed by atoms with Crippen LogP contribution in [-0.4, -0.2) is 55.7 Å². The molecule has 0 saturated heterocycles. The molecule has 1 aliphatic heterocycles. The maximum absolute atomic E-state index is 12.9. The summed E-state index contributed by atoms with van der Waals surface area (Å²) in [6.45, 7) is 7.04. The van der Waals surface area contributed by atoms with E-state index in [1.807, 2.05) is 11.6 Å². The van der Waals surface area contributed by atoms with Gasteiger partial charge in [-0.1, -0.05) is 38.0 Å². The Hall–Kier alpha value is -2.81. The van der Waals surface area contributed by atoms with Gasteiger partial charge in [-0.2, -0.15) is 13.2 Å². The number of alkyl halides is 3. The number of nitrogens with one attached hydrogen (secondary N) is 1. The van der Waals surface area contributed by atoms with E-state index in [9.17, 15) is 26.4 Å². The topological polar surface area (TPSA) is 126 Å². The SMILES string of the molecule is CCCCOC(=O)c1nnc(N=Nc2cc3c(cc2NS(=O)(=O)CC(F)(F)F)N(CCCC)C(C)CC3)s1. The molecule has 0 fully saturated rings. The fraction of sp³-hybridized carbons (Fsp3) is 0.609. The molecular formula is C23H31F3N6O4S2. The van der Waals surface area contributed by atoms with Crippen LogP contribution in [0.4, 0.5) is 35.4 Å². The Kier molecular flexibility index (Phi) is 10.0. The van der Waals surface area contributed by atoms with Crippen LogP contribution in [0.2, 0.25) is 0 Å². The van der Waals surface area contributed by atoms with E-state index in [0.717, 1.165) is 54.8 Å². The van der Waals surface area contributed by atoms with Crippen LogP contribution in [0.25, 0.3) is 0 Å². The van der Waals surface area contributed by atoms with Crippen LogP contribution in [0.5, 0.6) is 0 Å². The van der Waals surface area contributed by atoms with E-state index in [0.29, 0.717) is 12.8 Å². The Morgan fingerprint density at radius 2 is 1.95 bits per heavy atom. The second-order valence-corrected chi connectivity index (χ2v) is 11.7. The van der Waals surface area contributed by atoms with Crippen molar-refractivity contribution < 1.29 is 31.1 Å². The first-order valence-corrected chi connectivity index (χ1v) is 14.8. The number of anilines is 2. The van der Waals surface area contributed by atoms with E-state index in [4.69, 9.17) is 4.74 Å². The molecule has 1 N–H and O–H groups in total. The molecule has 3 rings (SSSR count). The van der Waals surface area contributed by atoms with Crippen molar-refractivity contribution in [2.24, 2.45) is 10.2 Å². The lowest BCUT2D eigenvalue weighted by Crippen LogP contribution is -2.38. The standard InChI is InChI=1S/C23H31F3N6O4S2/c1-4-6-10-32-15(3)8-9-16-12-17(18(13-19(16)32)31-38(34,35)14-23(24,25)26)27-29-22-30-28-20(37-22)21(33)36-11-7-5-2/h12-13,15,31H,4-11,14H2,1-3H3. The van der Waals surface area contributed by atoms with E-state index >= 15 is 0 Å². The molecule has 0 bridgehead atoms. The Morgan fingerprint density at radius 3 is 2.63 bits per heavy atom. The van der Waals surface area contributed by atoms with Crippen LogP contribution in [0, 0.1) is 0 Å². The first-order valence-electron chi connectivity index (χ1n) is 12.4. The second-order valence-electron chi connectivity index (χ2n) is 8.99. The summed E-state index contributed by atoms with van der Waals surface area (Å²) >= 11 is 0.831. The molecule has 2 heterocycles. The molecule has 0 saturated carbocycles. The number of hydrogen-bond donors (Lipinski definition) is 1. The number of aromatic nitrogens is 2. The molecule has 38 heavy (non-hydrogen) atoms. The summed E-state index contributed by atoms with van der Waals surface area (Å²) in [5.74, 6) is -2.68. The van der Waals surface area contributed by atoms with E-state index < -0.39 is 27.9 Å². The van der Waals surface area contributed by atoms with Crippen molar-refractivity contribution in [2.75, 3.05) is 28.5 Å². The molecule has 2 aromatic rings. The molecule has 1 unspecified atom stereocenters. The molecule has 0 spiro atoms. The number of sulfonamides is 1. The highest BCUT2D eigenvalue weighted by atomic mass is 32.2. The average molecular weight is 577 g/mol. The van der Waals surface area contributed by atoms with Crippen LogP contribution < -0.4 is 9.62 Å². The fourth-order valence-electron chi connectivity index (χ4n) is 3.90. The third kappa shape index (κ3) is 8.35. The number of esters is 1. The van der Waals surface area contributed by atoms with Crippen LogP contribution in [0.3, 0.4) is 0 Å². The van der Waals surface area contributed by atoms with Crippen molar-refractivity contribution in [1.29, 1.82) is 0 Å². The normalized spacial score (nSPS) is 16.1. The third-order valence-electron chi connectivity index (χ3n) is 5.80. The minimum atomic E-state index is -4.92. The number of ether oxygens (including phenoxy) is 1. The minimum absolute atomic E-state index is 0.00690. The van der Waals surface area contributed by atoms with Gasteiger partial charge in [-0.25, -0.2) is 13.2 Å². The average Bonchev–Trinajstić information content (AvgIpc) is 3.30. The molecule has 15 heteroatoms. The van der Waals surface area contributed by atoms with Gasteiger partial charge in [0.2, 0.25) is 15.0 Å². The third-order valence-corrected chi connectivity index (χ3v) is 7.83. The van der Waals surface area contributed by atoms with Gasteiger partial charge in [0, 0.05) is 18.3 Å². The maximum Gasteiger partial charge on any atom is 0.404 e. The summed E-state index contributed by atoms with van der Waals surface area (Å²) in [5.41, 5.74) is 1.52. The van der Waals surface area contributed by atoms with E-state index in [1.165, 1.54) is 6.07 Å². The predicted octanol–water partition coefficient (Wildman–Crippen LogP) is 6.16. The van der Waals surface area contributed by atoms with Gasteiger partial charge >= 0.3 is 12.1 Å². The fourth-order valence-corrected chi connectivity index (χ4v) is 5.47. The van der Waals surface area contributed by atoms with Crippen molar-refractivity contribution in [1.82, 2.24) is 10.2 Å². The summed E-state index contributed by atoms with van der Waals surface area (Å²) < 4.78 is 70.5. The number of carbonyl (C=O) groups is 1. The molecule has 1 atom stereocenters. The van der Waals surface area contributed by atoms with Crippen LogP contribution in [0.15, 0.2) is 22.4 Å². The molecule has 1 aliphatic rings. The van der Waals surface area contributed by atoms with Crippen LogP contribution >= 0.6 is 11.3 Å². The molecule has 10 nitrogen and oxygen atoms in total. The van der Waals surface area contributed by atoms with Gasteiger partial charge in [0.15, 0.2) is 5.75 Å². The van der Waals surface area contributed by atoms with Gasteiger partial charge in [0.05, 0.1) is 12.3 Å². The summed E-state index contributed by atoms with van der Waals surface area (Å²) in [5, 5.41) is 15.6. The minimum Gasteiger partial charge on any atom is -0.460 e. The van der Waals surface area contributed by atoms with Crippen LogP contribution in [0.1, 0.15) is 68.2 Å². The smallest absolute Gasteiger partial charge is 0.404 e. The first kappa shape index (κ1) is 29.7. The molecule has 1 aromatic carbocycles. The van der Waals surface area contributed by atoms with Gasteiger partial charge in [-0.3, -0.25) is 4.72 Å². The number of azo groups is 1.